The summed E-state index contributed by atoms with van der Waals surface area (Å²) in [6, 6.07) is 4.56. The van der Waals surface area contributed by atoms with Crippen LogP contribution in [0.3, 0.4) is 0 Å². The highest BCUT2D eigenvalue weighted by molar-refractivity contribution is 5.49. The van der Waals surface area contributed by atoms with E-state index in [0.717, 1.165) is 56.9 Å². The van der Waals surface area contributed by atoms with Crippen molar-refractivity contribution in [2.24, 2.45) is 11.3 Å². The molecule has 0 aromatic heterocycles. The maximum Gasteiger partial charge on any atom is 0.161 e. The van der Waals surface area contributed by atoms with E-state index in [-0.39, 0.29) is 23.7 Å². The third kappa shape index (κ3) is 4.17. The number of piperidine rings is 1. The Morgan fingerprint density at radius 3 is 2.68 bits per heavy atom. The van der Waals surface area contributed by atoms with Crippen molar-refractivity contribution in [1.29, 1.82) is 0 Å². The molecule has 0 saturated carbocycles. The monoisotopic (exact) mass is 389 g/mol. The predicted molar refractivity (Wildman–Crippen MR) is 109 cm³/mol. The Morgan fingerprint density at radius 2 is 2.04 bits per heavy atom. The molecule has 1 aromatic carbocycles. The molecule has 0 amide bonds. The van der Waals surface area contributed by atoms with Gasteiger partial charge in [0, 0.05) is 32.2 Å². The fraction of sp³-hybridized carbons (Fsp3) is 0.739. The molecule has 0 aliphatic carbocycles. The summed E-state index contributed by atoms with van der Waals surface area (Å²) in [4.78, 5) is 2.56. The summed E-state index contributed by atoms with van der Waals surface area (Å²) in [5, 5.41) is 10.9. The molecule has 4 rings (SSSR count). The lowest BCUT2D eigenvalue weighted by Gasteiger charge is -2.47. The molecule has 3 aliphatic heterocycles. The summed E-state index contributed by atoms with van der Waals surface area (Å²) in [5.41, 5.74) is 2.86. The van der Waals surface area contributed by atoms with Gasteiger partial charge < -0.3 is 19.3 Å². The van der Waals surface area contributed by atoms with Crippen LogP contribution in [-0.2, 0) is 11.2 Å². The Balaban J connectivity index is 1.52. The van der Waals surface area contributed by atoms with Gasteiger partial charge in [-0.15, -0.1) is 0 Å². The number of fused-ring (bicyclic) bond motifs is 3. The van der Waals surface area contributed by atoms with Crippen molar-refractivity contribution in [1.82, 2.24) is 4.90 Å². The molecule has 28 heavy (non-hydrogen) atoms. The lowest BCUT2D eigenvalue weighted by atomic mass is 9.75. The first-order chi connectivity index (χ1) is 13.3. The van der Waals surface area contributed by atoms with E-state index in [2.05, 4.69) is 37.8 Å². The van der Waals surface area contributed by atoms with E-state index in [9.17, 15) is 5.11 Å². The number of rotatable bonds is 5. The van der Waals surface area contributed by atoms with Crippen LogP contribution < -0.4 is 9.47 Å². The maximum atomic E-state index is 10.9. The normalized spacial score (nSPS) is 30.2. The fourth-order valence-electron chi connectivity index (χ4n) is 4.96. The van der Waals surface area contributed by atoms with Crippen molar-refractivity contribution in [3.63, 3.8) is 0 Å². The molecule has 4 atom stereocenters. The molecular formula is C23H35NO4. The number of hydrogen-bond acceptors (Lipinski definition) is 5. The molecule has 3 aliphatic rings. The van der Waals surface area contributed by atoms with Gasteiger partial charge in [-0.3, -0.25) is 4.90 Å². The van der Waals surface area contributed by atoms with Crippen molar-refractivity contribution in [3.05, 3.63) is 23.3 Å². The standard InChI is InChI=1S/C23H35NO4/c1-23(2,3)12-16-13-24-7-5-15-9-22(28-14-17-6-8-27-17)21(26-4)10-18(15)19(24)11-20(16)25/h9-10,16-17,19-20,25H,5-8,11-14H2,1-4H3/t16-,17+,19-,20-/m1/s1. The predicted octanol–water partition coefficient (Wildman–Crippen LogP) is 3.58. The van der Waals surface area contributed by atoms with Crippen LogP contribution in [0.2, 0.25) is 0 Å². The van der Waals surface area contributed by atoms with Gasteiger partial charge in [-0.25, -0.2) is 0 Å². The molecular weight excluding hydrogens is 354 g/mol. The number of benzene rings is 1. The zero-order valence-electron chi connectivity index (χ0n) is 17.7. The van der Waals surface area contributed by atoms with Crippen LogP contribution in [0.25, 0.3) is 0 Å². The number of aliphatic hydroxyl groups excluding tert-OH is 1. The molecule has 1 N–H and O–H groups in total. The highest BCUT2D eigenvalue weighted by Gasteiger charge is 2.39. The first-order valence-corrected chi connectivity index (χ1v) is 10.7. The second kappa shape index (κ2) is 7.85. The van der Waals surface area contributed by atoms with Gasteiger partial charge in [0.2, 0.25) is 0 Å². The summed E-state index contributed by atoms with van der Waals surface area (Å²) in [7, 11) is 1.70. The second-order valence-corrected chi connectivity index (χ2v) is 9.88. The first kappa shape index (κ1) is 20.0. The van der Waals surface area contributed by atoms with Crippen LogP contribution in [0.4, 0.5) is 0 Å². The van der Waals surface area contributed by atoms with Crippen LogP contribution in [0.1, 0.15) is 57.2 Å². The quantitative estimate of drug-likeness (QED) is 0.834. The molecule has 0 unspecified atom stereocenters. The van der Waals surface area contributed by atoms with Gasteiger partial charge in [-0.05, 0) is 53.9 Å². The summed E-state index contributed by atoms with van der Waals surface area (Å²) in [6.45, 7) is 10.2. The SMILES string of the molecule is COc1cc2c(cc1OC[C@@H]1CCO1)CCN1C[C@@H](CC(C)(C)C)[C@H](O)C[C@H]21. The van der Waals surface area contributed by atoms with Crippen LogP contribution in [-0.4, -0.2) is 55.6 Å². The van der Waals surface area contributed by atoms with Crippen molar-refractivity contribution in [2.45, 2.75) is 64.7 Å². The summed E-state index contributed by atoms with van der Waals surface area (Å²) < 4.78 is 17.1. The van der Waals surface area contributed by atoms with E-state index in [0.29, 0.717) is 12.5 Å². The van der Waals surface area contributed by atoms with E-state index in [4.69, 9.17) is 14.2 Å². The van der Waals surface area contributed by atoms with Crippen molar-refractivity contribution >= 4 is 0 Å². The average molecular weight is 390 g/mol. The Morgan fingerprint density at radius 1 is 1.25 bits per heavy atom. The molecule has 0 bridgehead atoms. The second-order valence-electron chi connectivity index (χ2n) is 9.88. The summed E-state index contributed by atoms with van der Waals surface area (Å²) in [5.74, 6) is 1.95. The number of hydrogen-bond donors (Lipinski definition) is 1. The van der Waals surface area contributed by atoms with Crippen molar-refractivity contribution in [3.8, 4) is 11.5 Å². The lowest BCUT2D eigenvalue weighted by Crippen LogP contribution is -2.48. The van der Waals surface area contributed by atoms with E-state index in [1.165, 1.54) is 11.1 Å². The largest absolute Gasteiger partial charge is 0.493 e. The molecule has 0 radical (unpaired) electrons. The molecule has 1 aromatic rings. The summed E-state index contributed by atoms with van der Waals surface area (Å²) >= 11 is 0. The van der Waals surface area contributed by atoms with Gasteiger partial charge >= 0.3 is 0 Å². The molecule has 5 heteroatoms. The molecule has 2 fully saturated rings. The topological polar surface area (TPSA) is 51.2 Å². The maximum absolute atomic E-state index is 10.9. The van der Waals surface area contributed by atoms with Gasteiger partial charge in [0.15, 0.2) is 11.5 Å². The van der Waals surface area contributed by atoms with Crippen LogP contribution in [0.15, 0.2) is 12.1 Å². The van der Waals surface area contributed by atoms with E-state index in [1.54, 1.807) is 7.11 Å². The molecule has 156 valence electrons. The third-order valence-corrected chi connectivity index (χ3v) is 6.46. The average Bonchev–Trinajstić information content (AvgIpc) is 2.59. The molecule has 0 spiro atoms. The third-order valence-electron chi connectivity index (χ3n) is 6.46. The van der Waals surface area contributed by atoms with E-state index >= 15 is 0 Å². The highest BCUT2D eigenvalue weighted by atomic mass is 16.6. The Bertz CT molecular complexity index is 695. The van der Waals surface area contributed by atoms with Gasteiger partial charge in [-0.2, -0.15) is 0 Å². The minimum absolute atomic E-state index is 0.212. The molecule has 2 saturated heterocycles. The molecule has 3 heterocycles. The number of ether oxygens (including phenoxy) is 3. The van der Waals surface area contributed by atoms with Gasteiger partial charge in [0.1, 0.15) is 6.61 Å². The van der Waals surface area contributed by atoms with E-state index in [1.807, 2.05) is 0 Å². The Kier molecular flexibility index (Phi) is 5.60. The van der Waals surface area contributed by atoms with Crippen LogP contribution in [0, 0.1) is 11.3 Å². The molecule has 5 nitrogen and oxygen atoms in total. The van der Waals surface area contributed by atoms with Crippen molar-refractivity contribution < 1.29 is 19.3 Å². The summed E-state index contributed by atoms with van der Waals surface area (Å²) in [6.07, 6.45) is 3.91. The zero-order chi connectivity index (χ0) is 19.9. The van der Waals surface area contributed by atoms with Crippen LogP contribution in [0.5, 0.6) is 11.5 Å². The Labute approximate surface area is 169 Å². The van der Waals surface area contributed by atoms with Gasteiger partial charge in [-0.1, -0.05) is 20.8 Å². The highest BCUT2D eigenvalue weighted by Crippen LogP contribution is 2.44. The minimum Gasteiger partial charge on any atom is -0.493 e. The minimum atomic E-state index is -0.246. The van der Waals surface area contributed by atoms with Crippen molar-refractivity contribution in [2.75, 3.05) is 33.4 Å². The Hall–Kier alpha value is -1.30. The first-order valence-electron chi connectivity index (χ1n) is 10.7. The number of nitrogens with zero attached hydrogens (tertiary/aromatic N) is 1. The fourth-order valence-corrected chi connectivity index (χ4v) is 4.96. The smallest absolute Gasteiger partial charge is 0.161 e. The van der Waals surface area contributed by atoms with Gasteiger partial charge in [0.25, 0.3) is 0 Å². The van der Waals surface area contributed by atoms with E-state index < -0.39 is 0 Å². The lowest BCUT2D eigenvalue weighted by molar-refractivity contribution is -0.0723. The van der Waals surface area contributed by atoms with Gasteiger partial charge in [0.05, 0.1) is 19.3 Å². The zero-order valence-corrected chi connectivity index (χ0v) is 17.7. The number of aliphatic hydroxyl groups is 1. The number of methoxy groups -OCH3 is 1. The van der Waals surface area contributed by atoms with Crippen LogP contribution >= 0.6 is 0 Å².